The van der Waals surface area contributed by atoms with Gasteiger partial charge in [-0.2, -0.15) is 0 Å². The topological polar surface area (TPSA) is 69.9 Å². The number of aromatic hydroxyl groups is 1. The van der Waals surface area contributed by atoms with Gasteiger partial charge >= 0.3 is 0 Å². The van der Waals surface area contributed by atoms with Crippen molar-refractivity contribution >= 4 is 67.8 Å². The monoisotopic (exact) mass is 624 g/mol. The predicted octanol–water partition coefficient (Wildman–Crippen LogP) is 4.02. The van der Waals surface area contributed by atoms with Crippen LogP contribution in [0.2, 0.25) is 0 Å². The number of hydrogen-bond donors (Lipinski definition) is 3. The molecule has 0 radical (unpaired) electrons. The third-order valence-electron chi connectivity index (χ3n) is 2.72. The summed E-state index contributed by atoms with van der Waals surface area (Å²) in [5, 5.41) is 28.2. The molecule has 2 rings (SSSR count). The summed E-state index contributed by atoms with van der Waals surface area (Å²) in [7, 11) is 0. The van der Waals surface area contributed by atoms with Crippen molar-refractivity contribution in [3.05, 3.63) is 46.6 Å². The molecule has 0 spiro atoms. The molecule has 1 unspecified atom stereocenters. The number of rotatable bonds is 4. The van der Waals surface area contributed by atoms with Gasteiger partial charge in [-0.05, 0) is 104 Å². The van der Waals surface area contributed by atoms with Crippen molar-refractivity contribution in [1.82, 2.24) is 0 Å². The van der Waals surface area contributed by atoms with Crippen LogP contribution < -0.4 is 4.74 Å². The average molecular weight is 624 g/mol. The molecular formula is C14H11I3O4. The fraction of sp³-hybridized carbons (Fsp3) is 0.143. The first-order chi connectivity index (χ1) is 9.92. The van der Waals surface area contributed by atoms with Crippen molar-refractivity contribution < 1.29 is 20.1 Å². The van der Waals surface area contributed by atoms with Gasteiger partial charge in [0, 0.05) is 0 Å². The van der Waals surface area contributed by atoms with Crippen LogP contribution in [0.15, 0.2) is 30.3 Å². The maximum Gasteiger partial charge on any atom is 0.154 e. The van der Waals surface area contributed by atoms with Gasteiger partial charge < -0.3 is 20.1 Å². The van der Waals surface area contributed by atoms with Crippen LogP contribution in [0.5, 0.6) is 17.2 Å². The Balaban J connectivity index is 2.34. The van der Waals surface area contributed by atoms with Gasteiger partial charge in [0.15, 0.2) is 5.75 Å². The third kappa shape index (κ3) is 4.33. The lowest BCUT2D eigenvalue weighted by molar-refractivity contribution is 0.0955. The van der Waals surface area contributed by atoms with Gasteiger partial charge in [0.2, 0.25) is 0 Å². The van der Waals surface area contributed by atoms with Crippen LogP contribution >= 0.6 is 67.8 Å². The Hall–Kier alpha value is 0.150. The van der Waals surface area contributed by atoms with E-state index in [0.717, 1.165) is 7.14 Å². The summed E-state index contributed by atoms with van der Waals surface area (Å²) in [6.45, 7) is -0.317. The largest absolute Gasteiger partial charge is 0.507 e. The summed E-state index contributed by atoms with van der Waals surface area (Å²) in [5.41, 5.74) is 0.652. The highest BCUT2D eigenvalue weighted by Gasteiger charge is 2.14. The Bertz CT molecular complexity index is 638. The van der Waals surface area contributed by atoms with Crippen LogP contribution in [-0.4, -0.2) is 21.9 Å². The van der Waals surface area contributed by atoms with Crippen molar-refractivity contribution in [2.75, 3.05) is 6.61 Å². The molecule has 0 fully saturated rings. The second-order valence-corrected chi connectivity index (χ2v) is 7.71. The third-order valence-corrected chi connectivity index (χ3v) is 5.18. The van der Waals surface area contributed by atoms with E-state index < -0.39 is 6.10 Å². The molecule has 1 atom stereocenters. The number of phenols is 1. The normalized spacial score (nSPS) is 12.2. The molecule has 21 heavy (non-hydrogen) atoms. The van der Waals surface area contributed by atoms with Gasteiger partial charge in [-0.25, -0.2) is 0 Å². The van der Waals surface area contributed by atoms with Crippen LogP contribution in [0.4, 0.5) is 0 Å². The van der Waals surface area contributed by atoms with Crippen LogP contribution in [-0.2, 0) is 0 Å². The van der Waals surface area contributed by atoms with Crippen molar-refractivity contribution in [3.8, 4) is 17.2 Å². The van der Waals surface area contributed by atoms with E-state index in [4.69, 9.17) is 9.84 Å². The zero-order valence-electron chi connectivity index (χ0n) is 10.6. The van der Waals surface area contributed by atoms with E-state index in [1.807, 2.05) is 22.6 Å². The lowest BCUT2D eigenvalue weighted by atomic mass is 10.1. The summed E-state index contributed by atoms with van der Waals surface area (Å²) >= 11 is 6.29. The van der Waals surface area contributed by atoms with E-state index in [-0.39, 0.29) is 12.4 Å². The maximum absolute atomic E-state index is 9.70. The van der Waals surface area contributed by atoms with E-state index in [9.17, 15) is 10.2 Å². The summed E-state index contributed by atoms with van der Waals surface area (Å²) in [6, 6.07) is 8.59. The Kier molecular flexibility index (Phi) is 6.35. The van der Waals surface area contributed by atoms with E-state index in [1.54, 1.807) is 30.3 Å². The first-order valence-electron chi connectivity index (χ1n) is 5.86. The molecule has 0 bridgehead atoms. The number of aliphatic hydroxyl groups is 2. The second-order valence-electron chi connectivity index (χ2n) is 4.23. The van der Waals surface area contributed by atoms with Crippen LogP contribution in [0.25, 0.3) is 0 Å². The quantitative estimate of drug-likeness (QED) is 0.450. The minimum absolute atomic E-state index is 0.216. The first kappa shape index (κ1) is 17.5. The van der Waals surface area contributed by atoms with Crippen molar-refractivity contribution in [3.63, 3.8) is 0 Å². The fourth-order valence-electron chi connectivity index (χ4n) is 1.64. The Morgan fingerprint density at radius 3 is 2.14 bits per heavy atom. The zero-order chi connectivity index (χ0) is 15.6. The number of aliphatic hydroxyl groups excluding tert-OH is 2. The Morgan fingerprint density at radius 2 is 1.62 bits per heavy atom. The molecule has 0 aliphatic rings. The number of hydrogen-bond acceptors (Lipinski definition) is 4. The average Bonchev–Trinajstić information content (AvgIpc) is 2.45. The fourth-order valence-corrected chi connectivity index (χ4v) is 4.17. The van der Waals surface area contributed by atoms with Gasteiger partial charge in [0.25, 0.3) is 0 Å². The Morgan fingerprint density at radius 1 is 1.00 bits per heavy atom. The molecular weight excluding hydrogens is 613 g/mol. The number of phenolic OH excluding ortho intramolecular Hbond substituents is 1. The number of benzene rings is 2. The maximum atomic E-state index is 9.70. The zero-order valence-corrected chi connectivity index (χ0v) is 17.0. The van der Waals surface area contributed by atoms with Gasteiger partial charge in [-0.3, -0.25) is 0 Å². The molecule has 0 aromatic heterocycles. The highest BCUT2D eigenvalue weighted by atomic mass is 127. The molecule has 0 saturated carbocycles. The molecule has 0 amide bonds. The molecule has 0 heterocycles. The molecule has 0 saturated heterocycles. The standard InChI is InChI=1S/C14H11I3O4/c15-9-5-8(1-2-12(9)19)21-14-10(16)3-7(4-11(14)17)13(20)6-18/h1-5,13,18-20H,6H2. The second kappa shape index (κ2) is 7.62. The van der Waals surface area contributed by atoms with E-state index in [1.165, 1.54) is 0 Å². The van der Waals surface area contributed by atoms with Crippen LogP contribution in [0.1, 0.15) is 11.7 Å². The highest BCUT2D eigenvalue weighted by molar-refractivity contribution is 14.1. The van der Waals surface area contributed by atoms with E-state index in [0.29, 0.717) is 20.6 Å². The van der Waals surface area contributed by atoms with Gasteiger partial charge in [0.1, 0.15) is 17.6 Å². The molecule has 7 heteroatoms. The van der Waals surface area contributed by atoms with Crippen molar-refractivity contribution in [2.45, 2.75) is 6.10 Å². The summed E-state index contributed by atoms with van der Waals surface area (Å²) < 4.78 is 8.26. The lowest BCUT2D eigenvalue weighted by Crippen LogP contribution is -2.04. The van der Waals surface area contributed by atoms with Gasteiger partial charge in [-0.1, -0.05) is 0 Å². The van der Waals surface area contributed by atoms with Gasteiger partial charge in [-0.15, -0.1) is 0 Å². The molecule has 2 aromatic carbocycles. The minimum atomic E-state index is -0.893. The van der Waals surface area contributed by atoms with E-state index in [2.05, 4.69) is 45.2 Å². The first-order valence-corrected chi connectivity index (χ1v) is 9.10. The smallest absolute Gasteiger partial charge is 0.154 e. The van der Waals surface area contributed by atoms with Crippen molar-refractivity contribution in [1.29, 1.82) is 0 Å². The molecule has 4 nitrogen and oxygen atoms in total. The van der Waals surface area contributed by atoms with E-state index >= 15 is 0 Å². The predicted molar refractivity (Wildman–Crippen MR) is 105 cm³/mol. The summed E-state index contributed by atoms with van der Waals surface area (Å²) in [6.07, 6.45) is -0.893. The molecule has 0 aliphatic heterocycles. The SMILES string of the molecule is OCC(O)c1cc(I)c(Oc2ccc(O)c(I)c2)c(I)c1. The van der Waals surface area contributed by atoms with Crippen LogP contribution in [0.3, 0.4) is 0 Å². The number of halogens is 3. The molecule has 0 aliphatic carbocycles. The molecule has 3 N–H and O–H groups in total. The summed E-state index contributed by atoms with van der Waals surface area (Å²) in [5.74, 6) is 1.53. The number of ether oxygens (including phenoxy) is 1. The van der Waals surface area contributed by atoms with Crippen molar-refractivity contribution in [2.24, 2.45) is 0 Å². The summed E-state index contributed by atoms with van der Waals surface area (Å²) in [4.78, 5) is 0. The molecule has 112 valence electrons. The van der Waals surface area contributed by atoms with Crippen LogP contribution in [0, 0.1) is 10.7 Å². The Labute approximate surface area is 163 Å². The lowest BCUT2D eigenvalue weighted by Gasteiger charge is -2.14. The van der Waals surface area contributed by atoms with Gasteiger partial charge in [0.05, 0.1) is 17.3 Å². The highest BCUT2D eigenvalue weighted by Crippen LogP contribution is 2.35. The molecule has 2 aromatic rings. The minimum Gasteiger partial charge on any atom is -0.507 e.